The number of rotatable bonds is 6. The summed E-state index contributed by atoms with van der Waals surface area (Å²) in [7, 11) is -3.50. The quantitative estimate of drug-likeness (QED) is 0.596. The molecule has 3 aromatic carbocycles. The standard InChI is InChI=1S/C24H24N2O4S/c27-24(22-11-5-6-12-23(22)30-20-9-3-1-4-10-20)25-19-13-15-21(16-14-19)31(28,29)26-17-7-2-8-18-26/h1,3-6,9-16H,2,7-8,17-18H2,(H,25,27). The first-order chi connectivity index (χ1) is 15.0. The Morgan fingerprint density at radius 1 is 0.806 bits per heavy atom. The summed E-state index contributed by atoms with van der Waals surface area (Å²) in [6.07, 6.45) is 2.84. The molecule has 1 fully saturated rings. The number of anilines is 1. The van der Waals surface area contributed by atoms with Crippen molar-refractivity contribution in [3.05, 3.63) is 84.4 Å². The fourth-order valence-corrected chi connectivity index (χ4v) is 5.04. The summed E-state index contributed by atoms with van der Waals surface area (Å²) < 4.78 is 32.9. The van der Waals surface area contributed by atoms with Gasteiger partial charge in [0.25, 0.3) is 5.91 Å². The summed E-state index contributed by atoms with van der Waals surface area (Å²) in [5.74, 6) is 0.740. The van der Waals surface area contributed by atoms with Crippen LogP contribution in [0.2, 0.25) is 0 Å². The number of carbonyl (C=O) groups excluding carboxylic acids is 1. The first-order valence-electron chi connectivity index (χ1n) is 10.3. The minimum Gasteiger partial charge on any atom is -0.457 e. The molecule has 1 amide bonds. The predicted molar refractivity (Wildman–Crippen MR) is 120 cm³/mol. The molecule has 1 aliphatic rings. The molecule has 1 heterocycles. The van der Waals surface area contributed by atoms with E-state index in [1.807, 2.05) is 30.3 Å². The number of nitrogens with one attached hydrogen (secondary N) is 1. The molecule has 0 aromatic heterocycles. The summed E-state index contributed by atoms with van der Waals surface area (Å²) in [6, 6.07) is 22.5. The molecule has 160 valence electrons. The fraction of sp³-hybridized carbons (Fsp3) is 0.208. The maximum atomic E-state index is 12.8. The van der Waals surface area contributed by atoms with Gasteiger partial charge in [-0.3, -0.25) is 4.79 Å². The van der Waals surface area contributed by atoms with Gasteiger partial charge in [0, 0.05) is 18.8 Å². The fourth-order valence-electron chi connectivity index (χ4n) is 3.52. The van der Waals surface area contributed by atoms with E-state index in [0.717, 1.165) is 19.3 Å². The average Bonchev–Trinajstić information content (AvgIpc) is 2.81. The van der Waals surface area contributed by atoms with E-state index in [4.69, 9.17) is 4.74 Å². The van der Waals surface area contributed by atoms with Crippen LogP contribution in [0.3, 0.4) is 0 Å². The van der Waals surface area contributed by atoms with Crippen molar-refractivity contribution in [3.8, 4) is 11.5 Å². The van der Waals surface area contributed by atoms with Crippen LogP contribution in [0.1, 0.15) is 29.6 Å². The molecule has 0 spiro atoms. The van der Waals surface area contributed by atoms with Crippen molar-refractivity contribution in [1.82, 2.24) is 4.31 Å². The van der Waals surface area contributed by atoms with Crippen molar-refractivity contribution in [2.24, 2.45) is 0 Å². The van der Waals surface area contributed by atoms with Gasteiger partial charge in [0.15, 0.2) is 0 Å². The van der Waals surface area contributed by atoms with Crippen LogP contribution in [0.25, 0.3) is 0 Å². The van der Waals surface area contributed by atoms with Gasteiger partial charge in [-0.25, -0.2) is 8.42 Å². The number of carbonyl (C=O) groups is 1. The van der Waals surface area contributed by atoms with E-state index in [2.05, 4.69) is 5.32 Å². The Labute approximate surface area is 182 Å². The van der Waals surface area contributed by atoms with Crippen LogP contribution in [-0.2, 0) is 10.0 Å². The molecule has 4 rings (SSSR count). The maximum Gasteiger partial charge on any atom is 0.259 e. The number of para-hydroxylation sites is 2. The molecule has 7 heteroatoms. The van der Waals surface area contributed by atoms with Gasteiger partial charge in [0.05, 0.1) is 10.5 Å². The van der Waals surface area contributed by atoms with E-state index in [9.17, 15) is 13.2 Å². The molecular weight excluding hydrogens is 412 g/mol. The maximum absolute atomic E-state index is 12.8. The van der Waals surface area contributed by atoms with Gasteiger partial charge >= 0.3 is 0 Å². The molecule has 0 radical (unpaired) electrons. The number of amides is 1. The lowest BCUT2D eigenvalue weighted by molar-refractivity contribution is 0.102. The molecule has 1 N–H and O–H groups in total. The second-order valence-electron chi connectivity index (χ2n) is 7.35. The smallest absolute Gasteiger partial charge is 0.259 e. The summed E-state index contributed by atoms with van der Waals surface area (Å²) in [6.45, 7) is 1.11. The van der Waals surface area contributed by atoms with Gasteiger partial charge in [-0.15, -0.1) is 0 Å². The summed E-state index contributed by atoms with van der Waals surface area (Å²) in [5.41, 5.74) is 0.897. The summed E-state index contributed by atoms with van der Waals surface area (Å²) in [5, 5.41) is 2.82. The lowest BCUT2D eigenvalue weighted by atomic mass is 10.2. The molecule has 0 aliphatic carbocycles. The largest absolute Gasteiger partial charge is 0.457 e. The lowest BCUT2D eigenvalue weighted by Crippen LogP contribution is -2.35. The molecule has 6 nitrogen and oxygen atoms in total. The highest BCUT2D eigenvalue weighted by Gasteiger charge is 2.25. The third-order valence-electron chi connectivity index (χ3n) is 5.17. The van der Waals surface area contributed by atoms with Gasteiger partial charge in [0.2, 0.25) is 10.0 Å². The number of hydrogen-bond acceptors (Lipinski definition) is 4. The molecular formula is C24H24N2O4S. The SMILES string of the molecule is O=C(Nc1ccc(S(=O)(=O)N2CCCCC2)cc1)c1ccccc1Oc1ccccc1. The highest BCUT2D eigenvalue weighted by Crippen LogP contribution is 2.26. The molecule has 0 atom stereocenters. The second-order valence-corrected chi connectivity index (χ2v) is 9.29. The topological polar surface area (TPSA) is 75.7 Å². The van der Waals surface area contributed by atoms with Gasteiger partial charge in [-0.2, -0.15) is 4.31 Å². The number of ether oxygens (including phenoxy) is 1. The van der Waals surface area contributed by atoms with Crippen LogP contribution in [-0.4, -0.2) is 31.7 Å². The van der Waals surface area contributed by atoms with Crippen LogP contribution < -0.4 is 10.1 Å². The van der Waals surface area contributed by atoms with Crippen molar-refractivity contribution in [2.45, 2.75) is 24.2 Å². The Morgan fingerprint density at radius 2 is 1.45 bits per heavy atom. The van der Waals surface area contributed by atoms with Crippen LogP contribution in [0.15, 0.2) is 83.8 Å². The van der Waals surface area contributed by atoms with E-state index >= 15 is 0 Å². The van der Waals surface area contributed by atoms with Crippen LogP contribution in [0.4, 0.5) is 5.69 Å². The Morgan fingerprint density at radius 3 is 2.16 bits per heavy atom. The minimum absolute atomic E-state index is 0.236. The third kappa shape index (κ3) is 4.95. The van der Waals surface area contributed by atoms with Crippen molar-refractivity contribution >= 4 is 21.6 Å². The third-order valence-corrected chi connectivity index (χ3v) is 7.08. The number of nitrogens with zero attached hydrogens (tertiary/aromatic N) is 1. The highest BCUT2D eigenvalue weighted by molar-refractivity contribution is 7.89. The van der Waals surface area contributed by atoms with Gasteiger partial charge in [-0.05, 0) is 61.4 Å². The summed E-state index contributed by atoms with van der Waals surface area (Å²) in [4.78, 5) is 13.1. The van der Waals surface area contributed by atoms with E-state index in [1.54, 1.807) is 36.4 Å². The summed E-state index contributed by atoms with van der Waals surface area (Å²) >= 11 is 0. The first kappa shape index (κ1) is 21.1. The van der Waals surface area contributed by atoms with E-state index in [-0.39, 0.29) is 10.8 Å². The van der Waals surface area contributed by atoms with Gasteiger partial charge < -0.3 is 10.1 Å². The second kappa shape index (κ2) is 9.32. The monoisotopic (exact) mass is 436 g/mol. The molecule has 1 aliphatic heterocycles. The average molecular weight is 437 g/mol. The normalized spacial score (nSPS) is 14.7. The van der Waals surface area contributed by atoms with E-state index in [1.165, 1.54) is 16.4 Å². The Bertz CT molecular complexity index is 1140. The van der Waals surface area contributed by atoms with Crippen LogP contribution in [0.5, 0.6) is 11.5 Å². The predicted octanol–water partition coefficient (Wildman–Crippen LogP) is 4.91. The van der Waals surface area contributed by atoms with Crippen molar-refractivity contribution in [3.63, 3.8) is 0 Å². The van der Waals surface area contributed by atoms with E-state index in [0.29, 0.717) is 35.8 Å². The molecule has 3 aromatic rings. The molecule has 0 saturated carbocycles. The Balaban J connectivity index is 1.48. The zero-order chi connectivity index (χ0) is 21.7. The van der Waals surface area contributed by atoms with Crippen molar-refractivity contribution < 1.29 is 17.9 Å². The number of piperidine rings is 1. The number of hydrogen-bond donors (Lipinski definition) is 1. The van der Waals surface area contributed by atoms with Crippen molar-refractivity contribution in [1.29, 1.82) is 0 Å². The Hall–Kier alpha value is -3.16. The highest BCUT2D eigenvalue weighted by atomic mass is 32.2. The Kier molecular flexibility index (Phi) is 6.34. The molecule has 31 heavy (non-hydrogen) atoms. The van der Waals surface area contributed by atoms with E-state index < -0.39 is 10.0 Å². The van der Waals surface area contributed by atoms with Crippen LogP contribution in [0, 0.1) is 0 Å². The van der Waals surface area contributed by atoms with Gasteiger partial charge in [0.1, 0.15) is 11.5 Å². The lowest BCUT2D eigenvalue weighted by Gasteiger charge is -2.25. The molecule has 0 unspecified atom stereocenters. The number of benzene rings is 3. The molecule has 0 bridgehead atoms. The first-order valence-corrected chi connectivity index (χ1v) is 11.7. The zero-order valence-electron chi connectivity index (χ0n) is 17.0. The minimum atomic E-state index is -3.50. The number of sulfonamides is 1. The van der Waals surface area contributed by atoms with Gasteiger partial charge in [-0.1, -0.05) is 36.8 Å². The van der Waals surface area contributed by atoms with Crippen LogP contribution >= 0.6 is 0 Å². The molecule has 1 saturated heterocycles. The van der Waals surface area contributed by atoms with Crippen molar-refractivity contribution in [2.75, 3.05) is 18.4 Å². The zero-order valence-corrected chi connectivity index (χ0v) is 17.8.